The molecule has 36 heavy (non-hydrogen) atoms. The molecule has 1 atom stereocenters. The number of para-hydroxylation sites is 1. The van der Waals surface area contributed by atoms with Gasteiger partial charge in [0.2, 0.25) is 5.91 Å². The van der Waals surface area contributed by atoms with Gasteiger partial charge in [-0.3, -0.25) is 9.59 Å². The SMILES string of the molecule is CC1=C(C(=O)NCCc2c[nH]c3ccccc23)C(c2c(Cl)cccc2Cl)C2=C(CC(C)(C)CC2=O)N1. The number of carbonyl (C=O) groups is 2. The Morgan fingerprint density at radius 3 is 2.56 bits per heavy atom. The van der Waals surface area contributed by atoms with Crippen LogP contribution in [0.3, 0.4) is 0 Å². The number of hydrogen-bond donors (Lipinski definition) is 3. The average Bonchev–Trinajstić information content (AvgIpc) is 3.20. The van der Waals surface area contributed by atoms with Crippen molar-refractivity contribution in [2.75, 3.05) is 6.54 Å². The first-order valence-corrected chi connectivity index (χ1v) is 12.9. The summed E-state index contributed by atoms with van der Waals surface area (Å²) in [4.78, 5) is 30.4. The minimum absolute atomic E-state index is 0.0197. The predicted octanol–water partition coefficient (Wildman–Crippen LogP) is 6.44. The van der Waals surface area contributed by atoms with E-state index in [0.29, 0.717) is 58.3 Å². The summed E-state index contributed by atoms with van der Waals surface area (Å²) in [7, 11) is 0. The van der Waals surface area contributed by atoms with Gasteiger partial charge in [-0.15, -0.1) is 0 Å². The summed E-state index contributed by atoms with van der Waals surface area (Å²) >= 11 is 13.3. The maximum Gasteiger partial charge on any atom is 0.249 e. The molecule has 2 aromatic carbocycles. The molecule has 1 unspecified atom stereocenters. The van der Waals surface area contributed by atoms with Crippen molar-refractivity contribution in [1.29, 1.82) is 0 Å². The molecule has 3 aromatic rings. The van der Waals surface area contributed by atoms with Crippen LogP contribution >= 0.6 is 23.2 Å². The fraction of sp³-hybridized carbons (Fsp3) is 0.310. The minimum Gasteiger partial charge on any atom is -0.362 e. The summed E-state index contributed by atoms with van der Waals surface area (Å²) in [6.45, 7) is 6.50. The Balaban J connectivity index is 1.48. The largest absolute Gasteiger partial charge is 0.362 e. The summed E-state index contributed by atoms with van der Waals surface area (Å²) in [5.41, 5.74) is 5.28. The first kappa shape index (κ1) is 24.7. The molecule has 5 nitrogen and oxygen atoms in total. The highest BCUT2D eigenvalue weighted by atomic mass is 35.5. The van der Waals surface area contributed by atoms with Crippen molar-refractivity contribution in [3.63, 3.8) is 0 Å². The number of fused-ring (bicyclic) bond motifs is 1. The number of carbonyl (C=O) groups excluding carboxylic acids is 2. The molecule has 1 aromatic heterocycles. The summed E-state index contributed by atoms with van der Waals surface area (Å²) in [6, 6.07) is 13.4. The van der Waals surface area contributed by atoms with Gasteiger partial charge in [-0.2, -0.15) is 0 Å². The van der Waals surface area contributed by atoms with E-state index in [0.717, 1.165) is 22.2 Å². The van der Waals surface area contributed by atoms with Crippen LogP contribution in [0.25, 0.3) is 10.9 Å². The predicted molar refractivity (Wildman–Crippen MR) is 145 cm³/mol. The van der Waals surface area contributed by atoms with E-state index in [1.807, 2.05) is 31.3 Å². The van der Waals surface area contributed by atoms with Crippen molar-refractivity contribution in [3.8, 4) is 0 Å². The third kappa shape index (κ3) is 4.46. The lowest BCUT2D eigenvalue weighted by molar-refractivity contribution is -0.118. The van der Waals surface area contributed by atoms with Crippen molar-refractivity contribution in [3.05, 3.63) is 92.4 Å². The van der Waals surface area contributed by atoms with Crippen LogP contribution in [0.2, 0.25) is 10.0 Å². The minimum atomic E-state index is -0.626. The van der Waals surface area contributed by atoms with E-state index in [1.54, 1.807) is 18.2 Å². The Labute approximate surface area is 220 Å². The van der Waals surface area contributed by atoms with Crippen LogP contribution in [0.5, 0.6) is 0 Å². The maximum absolute atomic E-state index is 13.7. The van der Waals surface area contributed by atoms with E-state index in [-0.39, 0.29) is 17.1 Å². The first-order chi connectivity index (χ1) is 17.2. The van der Waals surface area contributed by atoms with Crippen LogP contribution in [-0.2, 0) is 16.0 Å². The molecule has 0 bridgehead atoms. The number of H-pyrrole nitrogens is 1. The number of Topliss-reactive ketones (excluding diaryl/α,β-unsaturated/α-hetero) is 1. The van der Waals surface area contributed by atoms with Gasteiger partial charge in [0.1, 0.15) is 0 Å². The molecule has 7 heteroatoms. The lowest BCUT2D eigenvalue weighted by Crippen LogP contribution is -2.41. The first-order valence-electron chi connectivity index (χ1n) is 12.2. The molecule has 3 N–H and O–H groups in total. The Morgan fingerprint density at radius 1 is 1.08 bits per heavy atom. The second kappa shape index (κ2) is 9.45. The number of hydrogen-bond acceptors (Lipinski definition) is 3. The molecular weight excluding hydrogens is 493 g/mol. The highest BCUT2D eigenvalue weighted by Crippen LogP contribution is 2.49. The van der Waals surface area contributed by atoms with E-state index in [2.05, 4.69) is 35.5 Å². The quantitative estimate of drug-likeness (QED) is 0.361. The van der Waals surface area contributed by atoms with Crippen molar-refractivity contribution >= 4 is 45.8 Å². The van der Waals surface area contributed by atoms with Crippen LogP contribution in [-0.4, -0.2) is 23.2 Å². The van der Waals surface area contributed by atoms with Gasteiger partial charge in [0, 0.05) is 74.1 Å². The summed E-state index contributed by atoms with van der Waals surface area (Å²) < 4.78 is 0. The van der Waals surface area contributed by atoms with Gasteiger partial charge in [0.15, 0.2) is 5.78 Å². The van der Waals surface area contributed by atoms with Gasteiger partial charge in [0.25, 0.3) is 0 Å². The number of nitrogens with one attached hydrogen (secondary N) is 3. The standard InChI is InChI=1S/C29H29Cl2N3O2/c1-16-24(28(36)32-12-11-17-15-33-21-10-5-4-7-18(17)21)27(25-19(30)8-6-9-20(25)31)26-22(34-16)13-29(2,3)14-23(26)35/h4-10,15,27,33-34H,11-14H2,1-3H3,(H,32,36). The number of aromatic nitrogens is 1. The summed E-state index contributed by atoms with van der Waals surface area (Å²) in [6.07, 6.45) is 3.77. The maximum atomic E-state index is 13.7. The molecule has 0 radical (unpaired) electrons. The average molecular weight is 522 g/mol. The van der Waals surface area contributed by atoms with Gasteiger partial charge in [-0.05, 0) is 48.9 Å². The lowest BCUT2D eigenvalue weighted by atomic mass is 9.68. The van der Waals surface area contributed by atoms with Gasteiger partial charge < -0.3 is 15.6 Å². The number of ketones is 1. The van der Waals surface area contributed by atoms with Crippen molar-refractivity contribution < 1.29 is 9.59 Å². The van der Waals surface area contributed by atoms with Gasteiger partial charge in [-0.25, -0.2) is 0 Å². The number of allylic oxidation sites excluding steroid dienone is 3. The Morgan fingerprint density at radius 2 is 1.81 bits per heavy atom. The van der Waals surface area contributed by atoms with Crippen LogP contribution < -0.4 is 10.6 Å². The monoisotopic (exact) mass is 521 g/mol. The van der Waals surface area contributed by atoms with E-state index in [9.17, 15) is 9.59 Å². The number of halogens is 2. The summed E-state index contributed by atoms with van der Waals surface area (Å²) in [5.74, 6) is -0.838. The fourth-order valence-corrected chi connectivity index (χ4v) is 6.17. The third-order valence-corrected chi connectivity index (χ3v) is 7.79. The van der Waals surface area contributed by atoms with E-state index in [1.165, 1.54) is 0 Å². The van der Waals surface area contributed by atoms with Crippen LogP contribution in [0.15, 0.2) is 71.2 Å². The topological polar surface area (TPSA) is 74.0 Å². The number of rotatable bonds is 5. The van der Waals surface area contributed by atoms with Crippen LogP contribution in [0, 0.1) is 5.41 Å². The molecule has 2 heterocycles. The lowest BCUT2D eigenvalue weighted by Gasteiger charge is -2.40. The van der Waals surface area contributed by atoms with Crippen molar-refractivity contribution in [1.82, 2.24) is 15.6 Å². The zero-order valence-electron chi connectivity index (χ0n) is 20.6. The molecule has 2 aliphatic rings. The molecule has 0 saturated carbocycles. The molecule has 186 valence electrons. The number of amides is 1. The second-order valence-corrected chi connectivity index (χ2v) is 11.2. The molecule has 1 amide bonds. The highest BCUT2D eigenvalue weighted by Gasteiger charge is 2.43. The van der Waals surface area contributed by atoms with Crippen molar-refractivity contribution in [2.24, 2.45) is 5.41 Å². The second-order valence-electron chi connectivity index (χ2n) is 10.4. The van der Waals surface area contributed by atoms with Gasteiger partial charge in [0.05, 0.1) is 0 Å². The number of benzene rings is 2. The molecule has 5 rings (SSSR count). The molecule has 0 saturated heterocycles. The third-order valence-electron chi connectivity index (χ3n) is 7.13. The van der Waals surface area contributed by atoms with Crippen molar-refractivity contribution in [2.45, 2.75) is 46.0 Å². The fourth-order valence-electron chi connectivity index (χ4n) is 5.56. The number of aromatic amines is 1. The van der Waals surface area contributed by atoms with E-state index < -0.39 is 5.92 Å². The summed E-state index contributed by atoms with van der Waals surface area (Å²) in [5, 5.41) is 8.50. The molecule has 0 spiro atoms. The normalized spacial score (nSPS) is 19.4. The Bertz CT molecular complexity index is 1430. The van der Waals surface area contributed by atoms with Crippen LogP contribution in [0.4, 0.5) is 0 Å². The molecular formula is C29H29Cl2N3O2. The Hall–Kier alpha value is -3.02. The number of dihydropyridines is 1. The molecule has 1 aliphatic heterocycles. The van der Waals surface area contributed by atoms with E-state index >= 15 is 0 Å². The van der Waals surface area contributed by atoms with E-state index in [4.69, 9.17) is 23.2 Å². The highest BCUT2D eigenvalue weighted by molar-refractivity contribution is 6.36. The van der Waals surface area contributed by atoms with Crippen LogP contribution in [0.1, 0.15) is 50.7 Å². The Kier molecular flexibility index (Phi) is 6.48. The zero-order valence-corrected chi connectivity index (χ0v) is 22.1. The molecule has 0 fully saturated rings. The van der Waals surface area contributed by atoms with Gasteiger partial charge >= 0.3 is 0 Å². The molecule has 1 aliphatic carbocycles. The zero-order chi connectivity index (χ0) is 25.6. The smallest absolute Gasteiger partial charge is 0.249 e. The van der Waals surface area contributed by atoms with Gasteiger partial charge in [-0.1, -0.05) is 61.3 Å².